The summed E-state index contributed by atoms with van der Waals surface area (Å²) < 4.78 is 0. The molecule has 0 heterocycles. The first-order valence-electron chi connectivity index (χ1n) is 6.55. The minimum absolute atomic E-state index is 0.125. The van der Waals surface area contributed by atoms with Gasteiger partial charge in [0.2, 0.25) is 0 Å². The van der Waals surface area contributed by atoms with Gasteiger partial charge in [0.1, 0.15) is 0 Å². The van der Waals surface area contributed by atoms with Gasteiger partial charge in [-0.25, -0.2) is 0 Å². The Kier molecular flexibility index (Phi) is 5.06. The molecular formula is C15H25ClN2. The van der Waals surface area contributed by atoms with E-state index >= 15 is 0 Å². The maximum atomic E-state index is 6.09. The smallest absolute Gasteiger partial charge is 0.0410 e. The van der Waals surface area contributed by atoms with E-state index in [1.54, 1.807) is 0 Å². The lowest BCUT2D eigenvalue weighted by Crippen LogP contribution is -2.41. The monoisotopic (exact) mass is 268 g/mol. The van der Waals surface area contributed by atoms with Crippen LogP contribution in [0.4, 0.5) is 5.69 Å². The topological polar surface area (TPSA) is 29.3 Å². The second-order valence-electron chi connectivity index (χ2n) is 5.68. The summed E-state index contributed by atoms with van der Waals surface area (Å²) in [4.78, 5) is 2.32. The molecule has 1 atom stereocenters. The predicted octanol–water partition coefficient (Wildman–Crippen LogP) is 3.85. The van der Waals surface area contributed by atoms with Crippen LogP contribution in [-0.2, 0) is 6.42 Å². The van der Waals surface area contributed by atoms with Gasteiger partial charge in [0, 0.05) is 29.3 Å². The number of hydrogen-bond acceptors (Lipinski definition) is 2. The largest absolute Gasteiger partial charge is 0.369 e. The van der Waals surface area contributed by atoms with Crippen LogP contribution in [0.15, 0.2) is 18.2 Å². The SMILES string of the molecule is CCC(C)(C)N(C)c1ccc(Cl)cc1CC(C)N. The number of benzene rings is 1. The molecule has 18 heavy (non-hydrogen) atoms. The highest BCUT2D eigenvalue weighted by molar-refractivity contribution is 6.30. The molecule has 0 bridgehead atoms. The van der Waals surface area contributed by atoms with Crippen LogP contribution >= 0.6 is 11.6 Å². The molecule has 0 aliphatic heterocycles. The summed E-state index contributed by atoms with van der Waals surface area (Å²) in [5, 5.41) is 0.775. The lowest BCUT2D eigenvalue weighted by atomic mass is 9.96. The van der Waals surface area contributed by atoms with E-state index in [1.807, 2.05) is 19.1 Å². The molecule has 0 saturated heterocycles. The van der Waals surface area contributed by atoms with E-state index in [2.05, 4.69) is 38.8 Å². The molecule has 0 amide bonds. The Morgan fingerprint density at radius 1 is 1.39 bits per heavy atom. The maximum Gasteiger partial charge on any atom is 0.0410 e. The minimum Gasteiger partial charge on any atom is -0.369 e. The second kappa shape index (κ2) is 5.94. The van der Waals surface area contributed by atoms with Gasteiger partial charge >= 0.3 is 0 Å². The molecule has 1 rings (SSSR count). The molecule has 0 fully saturated rings. The van der Waals surface area contributed by atoms with Gasteiger partial charge in [0.05, 0.1) is 0 Å². The van der Waals surface area contributed by atoms with Crippen LogP contribution in [0, 0.1) is 0 Å². The molecule has 3 heteroatoms. The molecule has 0 radical (unpaired) electrons. The van der Waals surface area contributed by atoms with Crippen molar-refractivity contribution in [2.45, 2.75) is 52.1 Å². The van der Waals surface area contributed by atoms with Crippen LogP contribution in [0.5, 0.6) is 0 Å². The Morgan fingerprint density at radius 3 is 2.50 bits per heavy atom. The van der Waals surface area contributed by atoms with Gasteiger partial charge < -0.3 is 10.6 Å². The summed E-state index contributed by atoms with van der Waals surface area (Å²) in [7, 11) is 2.14. The first-order chi connectivity index (χ1) is 8.27. The van der Waals surface area contributed by atoms with E-state index in [1.165, 1.54) is 11.3 Å². The third-order valence-corrected chi connectivity index (χ3v) is 3.95. The van der Waals surface area contributed by atoms with Gasteiger partial charge in [-0.2, -0.15) is 0 Å². The molecule has 1 aromatic rings. The highest BCUT2D eigenvalue weighted by atomic mass is 35.5. The van der Waals surface area contributed by atoms with E-state index in [0.29, 0.717) is 0 Å². The molecular weight excluding hydrogens is 244 g/mol. The Morgan fingerprint density at radius 2 is 2.00 bits per heavy atom. The number of hydrogen-bond donors (Lipinski definition) is 1. The molecule has 0 spiro atoms. The molecule has 0 saturated carbocycles. The highest BCUT2D eigenvalue weighted by Crippen LogP contribution is 2.30. The third-order valence-electron chi connectivity index (χ3n) is 3.72. The van der Waals surface area contributed by atoms with Gasteiger partial charge in [-0.15, -0.1) is 0 Å². The van der Waals surface area contributed by atoms with Crippen LogP contribution in [0.25, 0.3) is 0 Å². The van der Waals surface area contributed by atoms with Crippen molar-refractivity contribution in [3.63, 3.8) is 0 Å². The number of anilines is 1. The number of nitrogens with two attached hydrogens (primary N) is 1. The zero-order valence-corrected chi connectivity index (χ0v) is 12.9. The maximum absolute atomic E-state index is 6.09. The van der Waals surface area contributed by atoms with E-state index < -0.39 is 0 Å². The molecule has 1 aromatic carbocycles. The van der Waals surface area contributed by atoms with Crippen LogP contribution < -0.4 is 10.6 Å². The van der Waals surface area contributed by atoms with E-state index in [4.69, 9.17) is 17.3 Å². The fourth-order valence-electron chi connectivity index (χ4n) is 1.95. The number of rotatable bonds is 5. The van der Waals surface area contributed by atoms with Gasteiger partial charge in [-0.1, -0.05) is 18.5 Å². The zero-order chi connectivity index (χ0) is 13.9. The zero-order valence-electron chi connectivity index (χ0n) is 12.1. The van der Waals surface area contributed by atoms with Crippen molar-refractivity contribution in [1.29, 1.82) is 0 Å². The number of nitrogens with zero attached hydrogens (tertiary/aromatic N) is 1. The van der Waals surface area contributed by atoms with Crippen molar-refractivity contribution < 1.29 is 0 Å². The van der Waals surface area contributed by atoms with E-state index in [9.17, 15) is 0 Å². The van der Waals surface area contributed by atoms with Crippen LogP contribution in [0.3, 0.4) is 0 Å². The lowest BCUT2D eigenvalue weighted by molar-refractivity contribution is 0.469. The average Bonchev–Trinajstić information content (AvgIpc) is 2.27. The van der Waals surface area contributed by atoms with Crippen molar-refractivity contribution in [2.24, 2.45) is 5.73 Å². The fourth-order valence-corrected chi connectivity index (χ4v) is 2.15. The molecule has 2 nitrogen and oxygen atoms in total. The van der Waals surface area contributed by atoms with E-state index in [-0.39, 0.29) is 11.6 Å². The molecule has 1 unspecified atom stereocenters. The summed E-state index contributed by atoms with van der Waals surface area (Å²) in [6, 6.07) is 6.21. The fraction of sp³-hybridized carbons (Fsp3) is 0.600. The Balaban J connectivity index is 3.15. The molecule has 0 aromatic heterocycles. The van der Waals surface area contributed by atoms with Crippen molar-refractivity contribution in [2.75, 3.05) is 11.9 Å². The van der Waals surface area contributed by atoms with Crippen LogP contribution in [0.2, 0.25) is 5.02 Å². The van der Waals surface area contributed by atoms with E-state index in [0.717, 1.165) is 17.9 Å². The van der Waals surface area contributed by atoms with Crippen molar-refractivity contribution >= 4 is 17.3 Å². The summed E-state index contributed by atoms with van der Waals surface area (Å²) >= 11 is 6.09. The van der Waals surface area contributed by atoms with Gasteiger partial charge in [-0.05, 0) is 57.4 Å². The average molecular weight is 269 g/mol. The van der Waals surface area contributed by atoms with Crippen molar-refractivity contribution in [3.05, 3.63) is 28.8 Å². The Bertz CT molecular complexity index is 399. The summed E-state index contributed by atoms with van der Waals surface area (Å²) in [5.41, 5.74) is 8.50. The summed E-state index contributed by atoms with van der Waals surface area (Å²) in [6.45, 7) is 8.72. The Labute approximate surface area is 116 Å². The van der Waals surface area contributed by atoms with Crippen LogP contribution in [0.1, 0.15) is 39.7 Å². The number of halogens is 1. The first-order valence-corrected chi connectivity index (χ1v) is 6.93. The second-order valence-corrected chi connectivity index (χ2v) is 6.12. The molecule has 0 aliphatic rings. The molecule has 2 N–H and O–H groups in total. The molecule has 102 valence electrons. The summed E-state index contributed by atoms with van der Waals surface area (Å²) in [5.74, 6) is 0. The third kappa shape index (κ3) is 3.63. The standard InChI is InChI=1S/C15H25ClN2/c1-6-15(3,4)18(5)14-8-7-13(16)10-12(14)9-11(2)17/h7-8,10-11H,6,9,17H2,1-5H3. The Hall–Kier alpha value is -0.730. The molecule has 0 aliphatic carbocycles. The summed E-state index contributed by atoms with van der Waals surface area (Å²) in [6.07, 6.45) is 1.93. The van der Waals surface area contributed by atoms with Crippen molar-refractivity contribution in [1.82, 2.24) is 0 Å². The van der Waals surface area contributed by atoms with Gasteiger partial charge in [-0.3, -0.25) is 0 Å². The quantitative estimate of drug-likeness (QED) is 0.879. The predicted molar refractivity (Wildman–Crippen MR) is 81.6 cm³/mol. The minimum atomic E-state index is 0.125. The lowest BCUT2D eigenvalue weighted by Gasteiger charge is -2.38. The van der Waals surface area contributed by atoms with Gasteiger partial charge in [0.15, 0.2) is 0 Å². The van der Waals surface area contributed by atoms with Gasteiger partial charge in [0.25, 0.3) is 0 Å². The normalized spacial score (nSPS) is 13.5. The first kappa shape index (κ1) is 15.3. The van der Waals surface area contributed by atoms with Crippen molar-refractivity contribution in [3.8, 4) is 0 Å². The highest BCUT2D eigenvalue weighted by Gasteiger charge is 2.23. The van der Waals surface area contributed by atoms with Crippen LogP contribution in [-0.4, -0.2) is 18.6 Å².